The van der Waals surface area contributed by atoms with Crippen molar-refractivity contribution in [1.29, 1.82) is 0 Å². The molecule has 0 saturated heterocycles. The van der Waals surface area contributed by atoms with Gasteiger partial charge in [0.05, 0.1) is 13.7 Å². The normalized spacial score (nSPS) is 10.8. The summed E-state index contributed by atoms with van der Waals surface area (Å²) in [6.07, 6.45) is -0.819. The highest BCUT2D eigenvalue weighted by Gasteiger charge is 2.06. The van der Waals surface area contributed by atoms with Crippen molar-refractivity contribution in [1.82, 2.24) is 4.98 Å². The molecule has 0 radical (unpaired) electrons. The van der Waals surface area contributed by atoms with E-state index in [1.54, 1.807) is 25.4 Å². The summed E-state index contributed by atoms with van der Waals surface area (Å²) in [5.74, 6) is 1.19. The van der Waals surface area contributed by atoms with E-state index < -0.39 is 13.0 Å². The molecule has 2 rings (SSSR count). The standard InChI is InChI=1S/C12H12F2N2O/c1-17-9-2-3-10-8(6-9)4-5-15-12(10)16-7-11(13)14/h2-6,11H,7H2,1H3,(H,15,16). The zero-order valence-electron chi connectivity index (χ0n) is 9.28. The Kier molecular flexibility index (Phi) is 3.37. The van der Waals surface area contributed by atoms with Gasteiger partial charge in [-0.3, -0.25) is 0 Å². The SMILES string of the molecule is COc1ccc2c(NCC(F)F)nccc2c1. The first-order valence-corrected chi connectivity index (χ1v) is 5.15. The average molecular weight is 238 g/mol. The van der Waals surface area contributed by atoms with Crippen LogP contribution in [-0.4, -0.2) is 25.1 Å². The van der Waals surface area contributed by atoms with Crippen LogP contribution in [0.15, 0.2) is 30.5 Å². The van der Waals surface area contributed by atoms with Crippen molar-refractivity contribution in [3.63, 3.8) is 0 Å². The Balaban J connectivity index is 2.36. The van der Waals surface area contributed by atoms with Crippen molar-refractivity contribution in [3.8, 4) is 5.75 Å². The van der Waals surface area contributed by atoms with Crippen molar-refractivity contribution >= 4 is 16.6 Å². The van der Waals surface area contributed by atoms with Gasteiger partial charge >= 0.3 is 0 Å². The molecule has 0 aliphatic carbocycles. The van der Waals surface area contributed by atoms with Gasteiger partial charge in [-0.2, -0.15) is 0 Å². The zero-order valence-corrected chi connectivity index (χ0v) is 9.28. The Bertz CT molecular complexity index is 517. The number of hydrogen-bond acceptors (Lipinski definition) is 3. The van der Waals surface area contributed by atoms with Gasteiger partial charge in [-0.1, -0.05) is 0 Å². The maximum absolute atomic E-state index is 12.1. The molecule has 0 amide bonds. The molecule has 2 aromatic rings. The van der Waals surface area contributed by atoms with Gasteiger partial charge in [-0.25, -0.2) is 13.8 Å². The Morgan fingerprint density at radius 1 is 1.35 bits per heavy atom. The van der Waals surface area contributed by atoms with Crippen LogP contribution in [0.25, 0.3) is 10.8 Å². The number of ether oxygens (including phenoxy) is 1. The van der Waals surface area contributed by atoms with Gasteiger partial charge in [0.2, 0.25) is 0 Å². The molecule has 0 aliphatic heterocycles. The molecule has 0 bridgehead atoms. The number of methoxy groups -OCH3 is 1. The lowest BCUT2D eigenvalue weighted by molar-refractivity contribution is 0.163. The molecule has 1 N–H and O–H groups in total. The number of pyridine rings is 1. The minimum Gasteiger partial charge on any atom is -0.497 e. The number of nitrogens with one attached hydrogen (secondary N) is 1. The Morgan fingerprint density at radius 3 is 2.88 bits per heavy atom. The highest BCUT2D eigenvalue weighted by Crippen LogP contribution is 2.25. The predicted molar refractivity (Wildman–Crippen MR) is 62.8 cm³/mol. The van der Waals surface area contributed by atoms with E-state index in [4.69, 9.17) is 4.74 Å². The van der Waals surface area contributed by atoms with E-state index in [-0.39, 0.29) is 0 Å². The summed E-state index contributed by atoms with van der Waals surface area (Å²) in [6, 6.07) is 7.22. The average Bonchev–Trinajstić information content (AvgIpc) is 2.35. The molecule has 1 aromatic heterocycles. The number of rotatable bonds is 4. The van der Waals surface area contributed by atoms with Crippen LogP contribution < -0.4 is 10.1 Å². The number of nitrogens with zero attached hydrogens (tertiary/aromatic N) is 1. The van der Waals surface area contributed by atoms with Crippen molar-refractivity contribution < 1.29 is 13.5 Å². The Labute approximate surface area is 97.4 Å². The Hall–Kier alpha value is -1.91. The van der Waals surface area contributed by atoms with Gasteiger partial charge in [0.25, 0.3) is 6.43 Å². The second-order valence-electron chi connectivity index (χ2n) is 3.52. The third-order valence-electron chi connectivity index (χ3n) is 2.40. The van der Waals surface area contributed by atoms with E-state index in [1.807, 2.05) is 12.1 Å². The Morgan fingerprint density at radius 2 is 2.18 bits per heavy atom. The van der Waals surface area contributed by atoms with E-state index >= 15 is 0 Å². The molecule has 5 heteroatoms. The summed E-state index contributed by atoms with van der Waals surface area (Å²) < 4.78 is 29.4. The topological polar surface area (TPSA) is 34.1 Å². The van der Waals surface area contributed by atoms with Crippen LogP contribution in [0, 0.1) is 0 Å². The number of anilines is 1. The van der Waals surface area contributed by atoms with Gasteiger partial charge in [-0.05, 0) is 29.7 Å². The third-order valence-corrected chi connectivity index (χ3v) is 2.40. The van der Waals surface area contributed by atoms with Crippen LogP contribution in [0.3, 0.4) is 0 Å². The minimum absolute atomic E-state index is 0.405. The first-order chi connectivity index (χ1) is 8.20. The monoisotopic (exact) mass is 238 g/mol. The maximum atomic E-state index is 12.1. The van der Waals surface area contributed by atoms with Crippen LogP contribution in [0.5, 0.6) is 5.75 Å². The molecule has 90 valence electrons. The van der Waals surface area contributed by atoms with Crippen LogP contribution >= 0.6 is 0 Å². The summed E-state index contributed by atoms with van der Waals surface area (Å²) in [5, 5.41) is 4.32. The second-order valence-corrected chi connectivity index (χ2v) is 3.52. The fourth-order valence-electron chi connectivity index (χ4n) is 1.60. The van der Waals surface area contributed by atoms with Crippen LogP contribution in [0.1, 0.15) is 0 Å². The zero-order chi connectivity index (χ0) is 12.3. The highest BCUT2D eigenvalue weighted by molar-refractivity contribution is 5.92. The van der Waals surface area contributed by atoms with Gasteiger partial charge in [-0.15, -0.1) is 0 Å². The second kappa shape index (κ2) is 4.95. The van der Waals surface area contributed by atoms with E-state index in [1.165, 1.54) is 0 Å². The molecule has 17 heavy (non-hydrogen) atoms. The van der Waals surface area contributed by atoms with Crippen molar-refractivity contribution in [2.45, 2.75) is 6.43 Å². The number of benzene rings is 1. The van der Waals surface area contributed by atoms with Gasteiger partial charge in [0, 0.05) is 11.6 Å². The smallest absolute Gasteiger partial charge is 0.255 e. The van der Waals surface area contributed by atoms with Crippen molar-refractivity contribution in [2.24, 2.45) is 0 Å². The first-order valence-electron chi connectivity index (χ1n) is 5.15. The number of fused-ring (bicyclic) bond motifs is 1. The third kappa shape index (κ3) is 2.61. The number of hydrogen-bond donors (Lipinski definition) is 1. The van der Waals surface area contributed by atoms with Gasteiger partial charge in [0.15, 0.2) is 0 Å². The predicted octanol–water partition coefficient (Wildman–Crippen LogP) is 2.92. The molecular formula is C12H12F2N2O. The summed E-state index contributed by atoms with van der Waals surface area (Å²) in [5.41, 5.74) is 0. The van der Waals surface area contributed by atoms with Gasteiger partial charge in [0.1, 0.15) is 11.6 Å². The number of aromatic nitrogens is 1. The fourth-order valence-corrected chi connectivity index (χ4v) is 1.60. The van der Waals surface area contributed by atoms with Crippen molar-refractivity contribution in [2.75, 3.05) is 19.0 Å². The van der Waals surface area contributed by atoms with Crippen LogP contribution in [0.4, 0.5) is 14.6 Å². The lowest BCUT2D eigenvalue weighted by atomic mass is 10.1. The molecule has 1 heterocycles. The van der Waals surface area contributed by atoms with Crippen LogP contribution in [-0.2, 0) is 0 Å². The summed E-state index contributed by atoms with van der Waals surface area (Å²) in [7, 11) is 1.58. The highest BCUT2D eigenvalue weighted by atomic mass is 19.3. The van der Waals surface area contributed by atoms with E-state index in [0.29, 0.717) is 5.82 Å². The quantitative estimate of drug-likeness (QED) is 0.889. The molecule has 0 spiro atoms. The summed E-state index contributed by atoms with van der Waals surface area (Å²) >= 11 is 0. The summed E-state index contributed by atoms with van der Waals surface area (Å²) in [6.45, 7) is -0.405. The largest absolute Gasteiger partial charge is 0.497 e. The first kappa shape index (κ1) is 11.6. The molecule has 0 unspecified atom stereocenters. The van der Waals surface area contributed by atoms with Gasteiger partial charge < -0.3 is 10.1 Å². The molecule has 0 fully saturated rings. The van der Waals surface area contributed by atoms with E-state index in [2.05, 4.69) is 10.3 Å². The number of halogens is 2. The molecular weight excluding hydrogens is 226 g/mol. The van der Waals surface area contributed by atoms with Crippen molar-refractivity contribution in [3.05, 3.63) is 30.5 Å². The van der Waals surface area contributed by atoms with Crippen LogP contribution in [0.2, 0.25) is 0 Å². The fraction of sp³-hybridized carbons (Fsp3) is 0.250. The van der Waals surface area contributed by atoms with E-state index in [9.17, 15) is 8.78 Å². The number of alkyl halides is 2. The lowest BCUT2D eigenvalue weighted by Gasteiger charge is -2.09. The maximum Gasteiger partial charge on any atom is 0.255 e. The summed E-state index contributed by atoms with van der Waals surface area (Å²) in [4.78, 5) is 4.05. The van der Waals surface area contributed by atoms with E-state index in [0.717, 1.165) is 16.5 Å². The molecule has 3 nitrogen and oxygen atoms in total. The minimum atomic E-state index is -2.40. The molecule has 0 saturated carbocycles. The lowest BCUT2D eigenvalue weighted by Crippen LogP contribution is -2.11. The molecule has 0 atom stereocenters. The molecule has 1 aromatic carbocycles. The molecule has 0 aliphatic rings.